The molecule has 2 rings (SSSR count). The molecule has 0 saturated heterocycles. The minimum atomic E-state index is -0.576. The Morgan fingerprint density at radius 1 is 1.13 bits per heavy atom. The van der Waals surface area contributed by atoms with Gasteiger partial charge in [-0.3, -0.25) is 4.79 Å². The summed E-state index contributed by atoms with van der Waals surface area (Å²) in [6, 6.07) is 12.1. The summed E-state index contributed by atoms with van der Waals surface area (Å²) in [6.45, 7) is 1.61. The van der Waals surface area contributed by atoms with Gasteiger partial charge in [-0.25, -0.2) is 4.79 Å². The largest absolute Gasteiger partial charge is 0.496 e. The lowest BCUT2D eigenvalue weighted by atomic mass is 10.2. The van der Waals surface area contributed by atoms with Gasteiger partial charge in [0.1, 0.15) is 5.75 Å². The number of amides is 1. The van der Waals surface area contributed by atoms with Gasteiger partial charge in [-0.2, -0.15) is 0 Å². The van der Waals surface area contributed by atoms with E-state index in [1.165, 1.54) is 7.11 Å². The SMILES string of the molecule is COc1ccc(C(=O)OCC(=O)Nc2ccc(C)cc2)cc1Br. The highest BCUT2D eigenvalue weighted by atomic mass is 79.9. The lowest BCUT2D eigenvalue weighted by Gasteiger charge is -2.08. The molecular formula is C17H16BrNO4. The number of benzene rings is 2. The van der Waals surface area contributed by atoms with Crippen LogP contribution in [0.25, 0.3) is 0 Å². The van der Waals surface area contributed by atoms with E-state index in [1.807, 2.05) is 19.1 Å². The molecule has 0 aliphatic heterocycles. The Morgan fingerprint density at radius 2 is 1.83 bits per heavy atom. The van der Waals surface area contributed by atoms with Crippen LogP contribution in [-0.2, 0) is 9.53 Å². The number of hydrogen-bond donors (Lipinski definition) is 1. The van der Waals surface area contributed by atoms with Crippen molar-refractivity contribution in [1.82, 2.24) is 0 Å². The monoisotopic (exact) mass is 377 g/mol. The van der Waals surface area contributed by atoms with Gasteiger partial charge in [-0.15, -0.1) is 0 Å². The van der Waals surface area contributed by atoms with Crippen molar-refractivity contribution in [1.29, 1.82) is 0 Å². The minimum Gasteiger partial charge on any atom is -0.496 e. The summed E-state index contributed by atoms with van der Waals surface area (Å²) < 4.78 is 10.7. The molecule has 2 aromatic rings. The van der Waals surface area contributed by atoms with Crippen LogP contribution >= 0.6 is 15.9 Å². The zero-order chi connectivity index (χ0) is 16.8. The zero-order valence-corrected chi connectivity index (χ0v) is 14.3. The van der Waals surface area contributed by atoms with Crippen LogP contribution in [0.4, 0.5) is 5.69 Å². The van der Waals surface area contributed by atoms with Crippen LogP contribution in [-0.4, -0.2) is 25.6 Å². The summed E-state index contributed by atoms with van der Waals surface area (Å²) in [4.78, 5) is 23.7. The van der Waals surface area contributed by atoms with Gasteiger partial charge in [0.15, 0.2) is 6.61 Å². The molecule has 2 aromatic carbocycles. The fourth-order valence-electron chi connectivity index (χ4n) is 1.84. The van der Waals surface area contributed by atoms with E-state index in [-0.39, 0.29) is 6.61 Å². The lowest BCUT2D eigenvalue weighted by Crippen LogP contribution is -2.20. The number of methoxy groups -OCH3 is 1. The Bertz CT molecular complexity index is 713. The first kappa shape index (κ1) is 17.0. The second kappa shape index (κ2) is 7.78. The molecule has 0 fully saturated rings. The average Bonchev–Trinajstić information content (AvgIpc) is 2.54. The molecule has 0 radical (unpaired) electrons. The van der Waals surface area contributed by atoms with E-state index in [2.05, 4.69) is 21.2 Å². The topological polar surface area (TPSA) is 64.6 Å². The molecule has 23 heavy (non-hydrogen) atoms. The Hall–Kier alpha value is -2.34. The molecule has 0 aromatic heterocycles. The van der Waals surface area contributed by atoms with Gasteiger partial charge >= 0.3 is 5.97 Å². The van der Waals surface area contributed by atoms with Crippen LogP contribution in [0.3, 0.4) is 0 Å². The highest BCUT2D eigenvalue weighted by molar-refractivity contribution is 9.10. The maximum absolute atomic E-state index is 11.9. The molecular weight excluding hydrogens is 362 g/mol. The van der Waals surface area contributed by atoms with E-state index >= 15 is 0 Å². The normalized spacial score (nSPS) is 10.0. The maximum Gasteiger partial charge on any atom is 0.338 e. The third-order valence-corrected chi connectivity index (χ3v) is 3.68. The van der Waals surface area contributed by atoms with Crippen molar-refractivity contribution in [3.05, 3.63) is 58.1 Å². The van der Waals surface area contributed by atoms with Gasteiger partial charge in [0.2, 0.25) is 0 Å². The van der Waals surface area contributed by atoms with Crippen LogP contribution in [0.1, 0.15) is 15.9 Å². The van der Waals surface area contributed by atoms with Crippen LogP contribution in [0.15, 0.2) is 46.9 Å². The van der Waals surface area contributed by atoms with E-state index in [0.717, 1.165) is 5.56 Å². The first-order valence-electron chi connectivity index (χ1n) is 6.87. The molecule has 5 nitrogen and oxygen atoms in total. The molecule has 0 saturated carbocycles. The summed E-state index contributed by atoms with van der Waals surface area (Å²) in [5, 5.41) is 2.66. The number of halogens is 1. The van der Waals surface area contributed by atoms with Crippen LogP contribution in [0, 0.1) is 6.92 Å². The minimum absolute atomic E-state index is 0.334. The second-order valence-corrected chi connectivity index (χ2v) is 5.69. The first-order valence-corrected chi connectivity index (χ1v) is 7.66. The fourth-order valence-corrected chi connectivity index (χ4v) is 2.38. The van der Waals surface area contributed by atoms with Gasteiger partial charge in [0.25, 0.3) is 5.91 Å². The highest BCUT2D eigenvalue weighted by Gasteiger charge is 2.12. The van der Waals surface area contributed by atoms with Crippen LogP contribution in [0.2, 0.25) is 0 Å². The fraction of sp³-hybridized carbons (Fsp3) is 0.176. The van der Waals surface area contributed by atoms with Crippen molar-refractivity contribution >= 4 is 33.5 Å². The Kier molecular flexibility index (Phi) is 5.76. The number of aryl methyl sites for hydroxylation is 1. The molecule has 6 heteroatoms. The molecule has 0 spiro atoms. The maximum atomic E-state index is 11.9. The Labute approximate surface area is 142 Å². The third-order valence-electron chi connectivity index (χ3n) is 3.06. The Morgan fingerprint density at radius 3 is 2.43 bits per heavy atom. The Balaban J connectivity index is 1.89. The van der Waals surface area contributed by atoms with Crippen molar-refractivity contribution in [3.8, 4) is 5.75 Å². The number of esters is 1. The quantitative estimate of drug-likeness (QED) is 0.809. The van der Waals surface area contributed by atoms with E-state index in [4.69, 9.17) is 9.47 Å². The van der Waals surface area contributed by atoms with E-state index in [1.54, 1.807) is 30.3 Å². The van der Waals surface area contributed by atoms with Crippen molar-refractivity contribution in [2.45, 2.75) is 6.92 Å². The van der Waals surface area contributed by atoms with E-state index < -0.39 is 11.9 Å². The van der Waals surface area contributed by atoms with Gasteiger partial charge in [-0.1, -0.05) is 17.7 Å². The number of ether oxygens (including phenoxy) is 2. The molecule has 1 amide bonds. The molecule has 0 atom stereocenters. The number of hydrogen-bond acceptors (Lipinski definition) is 4. The molecule has 0 bridgehead atoms. The molecule has 1 N–H and O–H groups in total. The predicted molar refractivity (Wildman–Crippen MR) is 90.8 cm³/mol. The van der Waals surface area contributed by atoms with Crippen LogP contribution in [0.5, 0.6) is 5.75 Å². The highest BCUT2D eigenvalue weighted by Crippen LogP contribution is 2.25. The van der Waals surface area contributed by atoms with Gasteiger partial charge in [-0.05, 0) is 53.2 Å². The summed E-state index contributed by atoms with van der Waals surface area (Å²) in [5.41, 5.74) is 2.09. The van der Waals surface area contributed by atoms with Crippen LogP contribution < -0.4 is 10.1 Å². The van der Waals surface area contributed by atoms with E-state index in [0.29, 0.717) is 21.5 Å². The summed E-state index contributed by atoms with van der Waals surface area (Å²) in [7, 11) is 1.54. The van der Waals surface area contributed by atoms with Crippen molar-refractivity contribution in [2.24, 2.45) is 0 Å². The number of carbonyl (C=O) groups excluding carboxylic acids is 2. The smallest absolute Gasteiger partial charge is 0.338 e. The first-order chi connectivity index (χ1) is 11.0. The number of rotatable bonds is 5. The molecule has 0 aliphatic carbocycles. The van der Waals surface area contributed by atoms with Gasteiger partial charge in [0.05, 0.1) is 17.1 Å². The molecule has 0 heterocycles. The summed E-state index contributed by atoms with van der Waals surface area (Å²) in [5.74, 6) is -0.360. The van der Waals surface area contributed by atoms with Crippen molar-refractivity contribution < 1.29 is 19.1 Å². The van der Waals surface area contributed by atoms with Gasteiger partial charge in [0, 0.05) is 5.69 Å². The lowest BCUT2D eigenvalue weighted by molar-refractivity contribution is -0.119. The van der Waals surface area contributed by atoms with E-state index in [9.17, 15) is 9.59 Å². The zero-order valence-electron chi connectivity index (χ0n) is 12.8. The average molecular weight is 378 g/mol. The molecule has 0 unspecified atom stereocenters. The van der Waals surface area contributed by atoms with Crippen molar-refractivity contribution in [2.75, 3.05) is 19.0 Å². The van der Waals surface area contributed by atoms with Crippen molar-refractivity contribution in [3.63, 3.8) is 0 Å². The predicted octanol–water partition coefficient (Wildman–Crippen LogP) is 3.56. The van der Waals surface area contributed by atoms with Gasteiger partial charge < -0.3 is 14.8 Å². The second-order valence-electron chi connectivity index (χ2n) is 4.84. The summed E-state index contributed by atoms with van der Waals surface area (Å²) >= 11 is 3.29. The molecule has 0 aliphatic rings. The number of carbonyl (C=O) groups is 2. The summed E-state index contributed by atoms with van der Waals surface area (Å²) in [6.07, 6.45) is 0. The number of nitrogens with one attached hydrogen (secondary N) is 1. The number of anilines is 1. The third kappa shape index (κ3) is 4.82. The standard InChI is InChI=1S/C17H16BrNO4/c1-11-3-6-13(7-4-11)19-16(20)10-23-17(21)12-5-8-15(22-2)14(18)9-12/h3-9H,10H2,1-2H3,(H,19,20). The molecule has 120 valence electrons.